The molecule has 1 aromatic heterocycles. The molecule has 11 heavy (non-hydrogen) atoms. The summed E-state index contributed by atoms with van der Waals surface area (Å²) >= 11 is 0. The summed E-state index contributed by atoms with van der Waals surface area (Å²) in [5.41, 5.74) is 0. The molecule has 6 heteroatoms. The first-order valence-electron chi connectivity index (χ1n) is 2.73. The molecule has 1 rings (SSSR count). The molecule has 0 fully saturated rings. The number of aromatic hydroxyl groups is 1. The maximum Gasteiger partial charge on any atom is 0.230 e. The second-order valence-electron chi connectivity index (χ2n) is 2.00. The highest BCUT2D eigenvalue weighted by molar-refractivity contribution is 7.90. The first-order valence-corrected chi connectivity index (χ1v) is 4.62. The molecule has 0 saturated carbocycles. The van der Waals surface area contributed by atoms with Crippen molar-refractivity contribution in [2.45, 2.75) is 5.03 Å². The molecule has 0 atom stereocenters. The number of nitrogens with zero attached hydrogens (tertiary/aromatic N) is 2. The molecule has 0 aromatic carbocycles. The zero-order chi connectivity index (χ0) is 8.48. The first-order chi connectivity index (χ1) is 5.00. The molecule has 0 aliphatic rings. The fraction of sp³-hybridized carbons (Fsp3) is 0.200. The molecule has 60 valence electrons. The van der Waals surface area contributed by atoms with Crippen LogP contribution in [0, 0.1) is 0 Å². The number of hydrogen-bond donors (Lipinski definition) is 1. The molecular weight excluding hydrogens is 168 g/mol. The summed E-state index contributed by atoms with van der Waals surface area (Å²) in [6, 6.07) is 2.36. The van der Waals surface area contributed by atoms with Gasteiger partial charge in [-0.25, -0.2) is 8.42 Å². The fourth-order valence-corrected chi connectivity index (χ4v) is 1.02. The van der Waals surface area contributed by atoms with Crippen LogP contribution in [0.2, 0.25) is 0 Å². The maximum absolute atomic E-state index is 10.8. The van der Waals surface area contributed by atoms with Crippen LogP contribution in [0.15, 0.2) is 17.2 Å². The van der Waals surface area contributed by atoms with Crippen LogP contribution in [0.3, 0.4) is 0 Å². The van der Waals surface area contributed by atoms with E-state index in [2.05, 4.69) is 10.2 Å². The highest BCUT2D eigenvalue weighted by Crippen LogP contribution is 2.06. The van der Waals surface area contributed by atoms with Crippen molar-refractivity contribution in [3.8, 4) is 5.88 Å². The second-order valence-corrected chi connectivity index (χ2v) is 3.96. The van der Waals surface area contributed by atoms with Crippen LogP contribution in [-0.2, 0) is 9.84 Å². The van der Waals surface area contributed by atoms with Gasteiger partial charge in [-0.2, -0.15) is 0 Å². The standard InChI is InChI=1S/C5H6N2O3S/c1-11(9,10)5-3-2-4(8)6-7-5/h2-3H,1H3,(H,6,8). The molecule has 0 bridgehead atoms. The zero-order valence-electron chi connectivity index (χ0n) is 5.72. The predicted octanol–water partition coefficient (Wildman–Crippen LogP) is -0.414. The van der Waals surface area contributed by atoms with E-state index in [0.29, 0.717) is 0 Å². The number of hydrogen-bond acceptors (Lipinski definition) is 5. The topological polar surface area (TPSA) is 80.2 Å². The number of aromatic nitrogens is 2. The highest BCUT2D eigenvalue weighted by atomic mass is 32.2. The van der Waals surface area contributed by atoms with Gasteiger partial charge in [0.2, 0.25) is 5.88 Å². The van der Waals surface area contributed by atoms with Crippen LogP contribution in [0.5, 0.6) is 5.88 Å². The van der Waals surface area contributed by atoms with Crippen LogP contribution in [0.1, 0.15) is 0 Å². The third-order valence-corrected chi connectivity index (χ3v) is 1.98. The van der Waals surface area contributed by atoms with Crippen molar-refractivity contribution in [3.63, 3.8) is 0 Å². The lowest BCUT2D eigenvalue weighted by Gasteiger charge is -1.93. The Kier molecular flexibility index (Phi) is 1.77. The van der Waals surface area contributed by atoms with E-state index < -0.39 is 9.84 Å². The van der Waals surface area contributed by atoms with Crippen LogP contribution in [-0.4, -0.2) is 30.0 Å². The molecule has 1 N–H and O–H groups in total. The molecule has 0 spiro atoms. The van der Waals surface area contributed by atoms with Gasteiger partial charge in [-0.1, -0.05) is 0 Å². The lowest BCUT2D eigenvalue weighted by atomic mass is 10.6. The van der Waals surface area contributed by atoms with Gasteiger partial charge in [0.05, 0.1) is 0 Å². The van der Waals surface area contributed by atoms with Gasteiger partial charge < -0.3 is 5.11 Å². The molecule has 0 amide bonds. The third kappa shape index (κ3) is 1.87. The van der Waals surface area contributed by atoms with Gasteiger partial charge in [0.15, 0.2) is 14.9 Å². The minimum Gasteiger partial charge on any atom is -0.492 e. The highest BCUT2D eigenvalue weighted by Gasteiger charge is 2.08. The summed E-state index contributed by atoms with van der Waals surface area (Å²) in [6.07, 6.45) is 1.02. The Morgan fingerprint density at radius 2 is 2.00 bits per heavy atom. The Hall–Kier alpha value is -1.17. The van der Waals surface area contributed by atoms with E-state index in [9.17, 15) is 8.42 Å². The van der Waals surface area contributed by atoms with Gasteiger partial charge >= 0.3 is 0 Å². The quantitative estimate of drug-likeness (QED) is 0.625. The maximum atomic E-state index is 10.8. The zero-order valence-corrected chi connectivity index (χ0v) is 6.54. The minimum absolute atomic E-state index is 0.143. The largest absolute Gasteiger partial charge is 0.492 e. The summed E-state index contributed by atoms with van der Waals surface area (Å²) in [5, 5.41) is 14.9. The predicted molar refractivity (Wildman–Crippen MR) is 36.8 cm³/mol. The Balaban J connectivity index is 3.20. The van der Waals surface area contributed by atoms with Crippen molar-refractivity contribution in [2.75, 3.05) is 6.26 Å². The molecule has 0 unspecified atom stereocenters. The van der Waals surface area contributed by atoms with Crippen molar-refractivity contribution < 1.29 is 13.5 Å². The van der Waals surface area contributed by atoms with Gasteiger partial charge in [0.1, 0.15) is 0 Å². The molecule has 0 radical (unpaired) electrons. The van der Waals surface area contributed by atoms with Crippen molar-refractivity contribution >= 4 is 9.84 Å². The summed E-state index contributed by atoms with van der Waals surface area (Å²) in [6.45, 7) is 0. The van der Waals surface area contributed by atoms with E-state index in [4.69, 9.17) is 5.11 Å². The number of rotatable bonds is 1. The summed E-state index contributed by atoms with van der Waals surface area (Å²) in [7, 11) is -3.30. The lowest BCUT2D eigenvalue weighted by Crippen LogP contribution is -2.00. The van der Waals surface area contributed by atoms with E-state index in [-0.39, 0.29) is 10.9 Å². The van der Waals surface area contributed by atoms with E-state index in [1.807, 2.05) is 0 Å². The molecule has 1 aromatic rings. The van der Waals surface area contributed by atoms with Gasteiger partial charge in [0.25, 0.3) is 0 Å². The normalized spacial score (nSPS) is 11.4. The molecular formula is C5H6N2O3S. The third-order valence-electron chi connectivity index (χ3n) is 1.01. The van der Waals surface area contributed by atoms with E-state index in [1.165, 1.54) is 12.1 Å². The fourth-order valence-electron chi connectivity index (χ4n) is 0.511. The summed E-state index contributed by atoms with van der Waals surface area (Å²) in [4.78, 5) is 0. The summed E-state index contributed by atoms with van der Waals surface area (Å²) < 4.78 is 21.5. The first kappa shape index (κ1) is 7.93. The monoisotopic (exact) mass is 174 g/mol. The average Bonchev–Trinajstić information content (AvgIpc) is 1.86. The molecule has 0 saturated heterocycles. The van der Waals surface area contributed by atoms with Crippen molar-refractivity contribution in [1.82, 2.24) is 10.2 Å². The van der Waals surface area contributed by atoms with Crippen LogP contribution in [0.4, 0.5) is 0 Å². The lowest BCUT2D eigenvalue weighted by molar-refractivity contribution is 0.441. The van der Waals surface area contributed by atoms with Crippen LogP contribution < -0.4 is 0 Å². The Bertz CT molecular complexity index is 342. The Labute approximate surface area is 63.6 Å². The van der Waals surface area contributed by atoms with Crippen LogP contribution >= 0.6 is 0 Å². The number of sulfone groups is 1. The molecule has 0 aliphatic carbocycles. The van der Waals surface area contributed by atoms with E-state index in [0.717, 1.165) is 6.26 Å². The Morgan fingerprint density at radius 3 is 2.36 bits per heavy atom. The Morgan fingerprint density at radius 1 is 1.36 bits per heavy atom. The minimum atomic E-state index is -3.30. The van der Waals surface area contributed by atoms with Gasteiger partial charge in [-0.3, -0.25) is 0 Å². The van der Waals surface area contributed by atoms with Crippen molar-refractivity contribution in [3.05, 3.63) is 12.1 Å². The van der Waals surface area contributed by atoms with Gasteiger partial charge in [0, 0.05) is 12.3 Å². The smallest absolute Gasteiger partial charge is 0.230 e. The summed E-state index contributed by atoms with van der Waals surface area (Å²) in [5.74, 6) is -0.294. The second kappa shape index (κ2) is 2.46. The van der Waals surface area contributed by atoms with E-state index >= 15 is 0 Å². The van der Waals surface area contributed by atoms with Gasteiger partial charge in [-0.05, 0) is 6.07 Å². The van der Waals surface area contributed by atoms with Crippen molar-refractivity contribution in [2.24, 2.45) is 0 Å². The molecule has 5 nitrogen and oxygen atoms in total. The van der Waals surface area contributed by atoms with Crippen molar-refractivity contribution in [1.29, 1.82) is 0 Å². The van der Waals surface area contributed by atoms with E-state index in [1.54, 1.807) is 0 Å². The van der Waals surface area contributed by atoms with Gasteiger partial charge in [-0.15, -0.1) is 10.2 Å². The molecule has 0 aliphatic heterocycles. The average molecular weight is 174 g/mol. The van der Waals surface area contributed by atoms with Crippen LogP contribution in [0.25, 0.3) is 0 Å². The SMILES string of the molecule is CS(=O)(=O)c1ccc(O)nn1. The molecule has 1 heterocycles.